The summed E-state index contributed by atoms with van der Waals surface area (Å²) in [4.78, 5) is 41.3. The first-order chi connectivity index (χ1) is 14.9. The first kappa shape index (κ1) is 19.9. The van der Waals surface area contributed by atoms with Gasteiger partial charge in [-0.15, -0.1) is 0 Å². The second kappa shape index (κ2) is 8.15. The number of nitrogens with zero attached hydrogens (tertiary/aromatic N) is 3. The third-order valence-corrected chi connectivity index (χ3v) is 4.52. The second-order valence-corrected chi connectivity index (χ2v) is 6.66. The third-order valence-electron chi connectivity index (χ3n) is 4.52. The number of hydrogen-bond donors (Lipinski definition) is 2. The van der Waals surface area contributed by atoms with Crippen molar-refractivity contribution in [2.24, 2.45) is 0 Å². The van der Waals surface area contributed by atoms with E-state index in [0.717, 1.165) is 10.1 Å². The molecule has 0 aliphatic carbocycles. The fraction of sp³-hybridized carbons (Fsp3) is 0.0455. The molecule has 0 saturated carbocycles. The third kappa shape index (κ3) is 4.01. The molecule has 0 atom stereocenters. The molecule has 0 fully saturated rings. The number of amides is 2. The molecule has 9 heteroatoms. The summed E-state index contributed by atoms with van der Waals surface area (Å²) >= 11 is 0. The van der Waals surface area contributed by atoms with Crippen LogP contribution < -0.4 is 16.3 Å². The van der Waals surface area contributed by atoms with Crippen molar-refractivity contribution in [1.29, 1.82) is 0 Å². The van der Waals surface area contributed by atoms with Crippen molar-refractivity contribution >= 4 is 22.7 Å². The number of para-hydroxylation sites is 2. The highest BCUT2D eigenvalue weighted by atomic mass is 19.1. The van der Waals surface area contributed by atoms with E-state index in [1.165, 1.54) is 30.3 Å². The first-order valence-electron chi connectivity index (χ1n) is 9.26. The number of hydrazine groups is 1. The summed E-state index contributed by atoms with van der Waals surface area (Å²) in [5, 5.41) is 4.84. The predicted octanol–water partition coefficient (Wildman–Crippen LogP) is 2.30. The standard InChI is InChI=1S/C22H16FN5O3/c1-13-12-19(29)20(27-28(13)18-9-5-3-7-15(18)23)22(31)26-25-21(30)17-11-10-14-6-2-4-8-16(14)24-17/h2-12H,1H3,(H,25,30)(H,26,31). The molecule has 2 aromatic carbocycles. The zero-order chi connectivity index (χ0) is 22.0. The van der Waals surface area contributed by atoms with Gasteiger partial charge in [-0.3, -0.25) is 25.2 Å². The highest BCUT2D eigenvalue weighted by Gasteiger charge is 2.18. The van der Waals surface area contributed by atoms with Gasteiger partial charge >= 0.3 is 0 Å². The smallest absolute Gasteiger partial charge is 0.287 e. The van der Waals surface area contributed by atoms with E-state index in [1.54, 1.807) is 31.2 Å². The van der Waals surface area contributed by atoms with Gasteiger partial charge in [-0.2, -0.15) is 5.10 Å². The molecule has 2 heterocycles. The lowest BCUT2D eigenvalue weighted by Crippen LogP contribution is -2.44. The van der Waals surface area contributed by atoms with Crippen molar-refractivity contribution in [1.82, 2.24) is 25.6 Å². The van der Waals surface area contributed by atoms with Gasteiger partial charge in [0.1, 0.15) is 17.2 Å². The van der Waals surface area contributed by atoms with Crippen LogP contribution in [0, 0.1) is 12.7 Å². The van der Waals surface area contributed by atoms with Crippen molar-refractivity contribution in [3.05, 3.63) is 99.9 Å². The van der Waals surface area contributed by atoms with Gasteiger partial charge in [0.05, 0.1) is 5.52 Å². The number of hydrogen-bond acceptors (Lipinski definition) is 5. The van der Waals surface area contributed by atoms with Gasteiger partial charge in [-0.1, -0.05) is 36.4 Å². The number of rotatable bonds is 3. The molecule has 154 valence electrons. The van der Waals surface area contributed by atoms with E-state index in [1.807, 2.05) is 12.1 Å². The second-order valence-electron chi connectivity index (χ2n) is 6.66. The maximum Gasteiger partial charge on any atom is 0.294 e. The maximum absolute atomic E-state index is 14.1. The number of carbonyl (C=O) groups is 2. The summed E-state index contributed by atoms with van der Waals surface area (Å²) in [5.74, 6) is -2.17. The summed E-state index contributed by atoms with van der Waals surface area (Å²) in [6.45, 7) is 1.57. The van der Waals surface area contributed by atoms with Gasteiger partial charge < -0.3 is 0 Å². The lowest BCUT2D eigenvalue weighted by molar-refractivity contribution is 0.0839. The molecule has 0 aliphatic rings. The van der Waals surface area contributed by atoms with E-state index in [0.29, 0.717) is 11.2 Å². The summed E-state index contributed by atoms with van der Waals surface area (Å²) < 4.78 is 15.3. The molecule has 0 spiro atoms. The Balaban J connectivity index is 1.55. The predicted molar refractivity (Wildman–Crippen MR) is 111 cm³/mol. The van der Waals surface area contributed by atoms with E-state index < -0.39 is 28.8 Å². The molecule has 4 rings (SSSR count). The number of aryl methyl sites for hydroxylation is 1. The van der Waals surface area contributed by atoms with Crippen LogP contribution in [0.25, 0.3) is 16.6 Å². The Kier molecular flexibility index (Phi) is 5.23. The minimum absolute atomic E-state index is 0.0819. The number of halogens is 1. The van der Waals surface area contributed by atoms with Crippen LogP contribution >= 0.6 is 0 Å². The molecule has 8 nitrogen and oxygen atoms in total. The lowest BCUT2D eigenvalue weighted by atomic mass is 10.2. The Labute approximate surface area is 175 Å². The zero-order valence-corrected chi connectivity index (χ0v) is 16.3. The Morgan fingerprint density at radius 2 is 1.65 bits per heavy atom. The van der Waals surface area contributed by atoms with Gasteiger partial charge in [-0.25, -0.2) is 14.1 Å². The molecule has 4 aromatic rings. The van der Waals surface area contributed by atoms with Crippen LogP contribution in [0.3, 0.4) is 0 Å². The number of aromatic nitrogens is 3. The molecular weight excluding hydrogens is 401 g/mol. The molecule has 0 bridgehead atoms. The molecular formula is C22H16FN5O3. The topological polar surface area (TPSA) is 106 Å². The number of nitrogens with one attached hydrogen (secondary N) is 2. The van der Waals surface area contributed by atoms with Crippen molar-refractivity contribution in [3.63, 3.8) is 0 Å². The molecule has 0 aliphatic heterocycles. The lowest BCUT2D eigenvalue weighted by Gasteiger charge is -2.12. The number of fused-ring (bicyclic) bond motifs is 1. The van der Waals surface area contributed by atoms with Crippen LogP contribution in [0.5, 0.6) is 0 Å². The van der Waals surface area contributed by atoms with Crippen LogP contribution in [-0.4, -0.2) is 26.6 Å². The fourth-order valence-corrected chi connectivity index (χ4v) is 3.00. The fourth-order valence-electron chi connectivity index (χ4n) is 3.00. The molecule has 2 N–H and O–H groups in total. The largest absolute Gasteiger partial charge is 0.294 e. The van der Waals surface area contributed by atoms with Crippen LogP contribution in [0.2, 0.25) is 0 Å². The molecule has 0 unspecified atom stereocenters. The number of pyridine rings is 1. The Bertz CT molecular complexity index is 1380. The van der Waals surface area contributed by atoms with E-state index in [-0.39, 0.29) is 11.4 Å². The van der Waals surface area contributed by atoms with Gasteiger partial charge in [0.25, 0.3) is 11.8 Å². The van der Waals surface area contributed by atoms with Gasteiger partial charge in [0, 0.05) is 17.1 Å². The van der Waals surface area contributed by atoms with Crippen molar-refractivity contribution < 1.29 is 14.0 Å². The summed E-state index contributed by atoms with van der Waals surface area (Å²) in [6, 6.07) is 17.5. The van der Waals surface area contributed by atoms with E-state index in [4.69, 9.17) is 0 Å². The maximum atomic E-state index is 14.1. The van der Waals surface area contributed by atoms with Crippen LogP contribution in [0.4, 0.5) is 4.39 Å². The average Bonchev–Trinajstić information content (AvgIpc) is 2.77. The van der Waals surface area contributed by atoms with Gasteiger partial charge in [-0.05, 0) is 31.2 Å². The van der Waals surface area contributed by atoms with Crippen molar-refractivity contribution in [2.75, 3.05) is 0 Å². The van der Waals surface area contributed by atoms with E-state index in [9.17, 15) is 18.8 Å². The average molecular weight is 417 g/mol. The SMILES string of the molecule is Cc1cc(=O)c(C(=O)NNC(=O)c2ccc3ccccc3n2)nn1-c1ccccc1F. The van der Waals surface area contributed by atoms with Crippen molar-refractivity contribution in [3.8, 4) is 5.69 Å². The number of benzene rings is 2. The van der Waals surface area contributed by atoms with Crippen LogP contribution in [0.1, 0.15) is 26.7 Å². The highest BCUT2D eigenvalue weighted by molar-refractivity contribution is 5.98. The quantitative estimate of drug-likeness (QED) is 0.498. The van der Waals surface area contributed by atoms with E-state index in [2.05, 4.69) is 20.9 Å². The Hall–Kier alpha value is -4.40. The highest BCUT2D eigenvalue weighted by Crippen LogP contribution is 2.13. The minimum atomic E-state index is -0.941. The van der Waals surface area contributed by atoms with Crippen LogP contribution in [0.15, 0.2) is 71.5 Å². The van der Waals surface area contributed by atoms with Gasteiger partial charge in [0.2, 0.25) is 5.43 Å². The first-order valence-corrected chi connectivity index (χ1v) is 9.26. The molecule has 0 radical (unpaired) electrons. The zero-order valence-electron chi connectivity index (χ0n) is 16.3. The molecule has 31 heavy (non-hydrogen) atoms. The Morgan fingerprint density at radius 1 is 0.935 bits per heavy atom. The number of carbonyl (C=O) groups excluding carboxylic acids is 2. The minimum Gasteiger partial charge on any atom is -0.287 e. The Morgan fingerprint density at radius 3 is 2.45 bits per heavy atom. The van der Waals surface area contributed by atoms with Crippen molar-refractivity contribution in [2.45, 2.75) is 6.92 Å². The summed E-state index contributed by atoms with van der Waals surface area (Å²) in [5.41, 5.74) is 4.32. The molecule has 2 amide bonds. The molecule has 2 aromatic heterocycles. The van der Waals surface area contributed by atoms with Gasteiger partial charge in [0.15, 0.2) is 5.69 Å². The summed E-state index contributed by atoms with van der Waals surface area (Å²) in [6.07, 6.45) is 0. The monoisotopic (exact) mass is 417 g/mol. The van der Waals surface area contributed by atoms with E-state index >= 15 is 0 Å². The van der Waals surface area contributed by atoms with Crippen LogP contribution in [-0.2, 0) is 0 Å². The molecule has 0 saturated heterocycles. The summed E-state index contributed by atoms with van der Waals surface area (Å²) in [7, 11) is 0. The normalized spacial score (nSPS) is 10.6.